The van der Waals surface area contributed by atoms with E-state index >= 15 is 0 Å². The molecule has 0 aromatic heterocycles. The smallest absolute Gasteiger partial charge is 0.253 e. The summed E-state index contributed by atoms with van der Waals surface area (Å²) < 4.78 is 0. The Kier molecular flexibility index (Phi) is 3.79. The van der Waals surface area contributed by atoms with Crippen molar-refractivity contribution < 1.29 is 4.79 Å². The van der Waals surface area contributed by atoms with Crippen LogP contribution in [0.25, 0.3) is 0 Å². The molecule has 1 aromatic carbocycles. The molecule has 2 fully saturated rings. The second kappa shape index (κ2) is 5.57. The lowest BCUT2D eigenvalue weighted by atomic mass is 9.77. The lowest BCUT2D eigenvalue weighted by Crippen LogP contribution is -2.42. The van der Waals surface area contributed by atoms with Crippen molar-refractivity contribution in [3.8, 4) is 0 Å². The van der Waals surface area contributed by atoms with Gasteiger partial charge in [0.1, 0.15) is 0 Å². The molecule has 1 saturated carbocycles. The molecule has 3 nitrogen and oxygen atoms in total. The molecule has 0 bridgehead atoms. The standard InChI is InChI=1S/C17H24N2O/c18-13-14-3-5-15(6-4-14)16(20)19-11-9-17(10-12-19)7-1-2-8-17/h3-6H,1-2,7-13,18H2. The van der Waals surface area contributed by atoms with E-state index in [4.69, 9.17) is 5.73 Å². The minimum absolute atomic E-state index is 0.182. The van der Waals surface area contributed by atoms with E-state index in [0.717, 1.165) is 24.2 Å². The van der Waals surface area contributed by atoms with Crippen molar-refractivity contribution in [2.24, 2.45) is 11.1 Å². The topological polar surface area (TPSA) is 46.3 Å². The second-order valence-electron chi connectivity index (χ2n) is 6.40. The molecule has 108 valence electrons. The number of rotatable bonds is 2. The van der Waals surface area contributed by atoms with E-state index in [0.29, 0.717) is 12.0 Å². The molecular formula is C17H24N2O. The van der Waals surface area contributed by atoms with Gasteiger partial charge in [0.15, 0.2) is 0 Å². The highest BCUT2D eigenvalue weighted by molar-refractivity contribution is 5.94. The number of benzene rings is 1. The Morgan fingerprint density at radius 3 is 2.20 bits per heavy atom. The van der Waals surface area contributed by atoms with Gasteiger partial charge in [0.05, 0.1) is 0 Å². The minimum atomic E-state index is 0.182. The first-order valence-corrected chi connectivity index (χ1v) is 7.81. The van der Waals surface area contributed by atoms with Gasteiger partial charge in [0, 0.05) is 25.2 Å². The molecule has 1 aliphatic carbocycles. The maximum absolute atomic E-state index is 12.5. The largest absolute Gasteiger partial charge is 0.339 e. The molecule has 3 heteroatoms. The normalized spacial score (nSPS) is 21.4. The van der Waals surface area contributed by atoms with E-state index in [2.05, 4.69) is 0 Å². The molecule has 3 rings (SSSR count). The zero-order valence-corrected chi connectivity index (χ0v) is 12.1. The lowest BCUT2D eigenvalue weighted by molar-refractivity contribution is 0.0587. The van der Waals surface area contributed by atoms with Crippen molar-refractivity contribution in [2.45, 2.75) is 45.1 Å². The van der Waals surface area contributed by atoms with E-state index in [9.17, 15) is 4.79 Å². The summed E-state index contributed by atoms with van der Waals surface area (Å²) >= 11 is 0. The Morgan fingerprint density at radius 1 is 1.05 bits per heavy atom. The van der Waals surface area contributed by atoms with E-state index in [1.165, 1.54) is 38.5 Å². The lowest BCUT2D eigenvalue weighted by Gasteiger charge is -2.39. The van der Waals surface area contributed by atoms with Crippen LogP contribution in [-0.2, 0) is 6.54 Å². The van der Waals surface area contributed by atoms with Crippen molar-refractivity contribution in [3.05, 3.63) is 35.4 Å². The predicted molar refractivity (Wildman–Crippen MR) is 80.4 cm³/mol. The second-order valence-corrected chi connectivity index (χ2v) is 6.40. The first kappa shape index (κ1) is 13.6. The van der Waals surface area contributed by atoms with Crippen LogP contribution in [0.1, 0.15) is 54.4 Å². The summed E-state index contributed by atoms with van der Waals surface area (Å²) in [7, 11) is 0. The molecule has 1 aliphatic heterocycles. The fourth-order valence-corrected chi connectivity index (χ4v) is 3.78. The Morgan fingerprint density at radius 2 is 1.65 bits per heavy atom. The summed E-state index contributed by atoms with van der Waals surface area (Å²) in [6.07, 6.45) is 7.91. The van der Waals surface area contributed by atoms with Crippen LogP contribution >= 0.6 is 0 Å². The molecule has 0 atom stereocenters. The van der Waals surface area contributed by atoms with Crippen LogP contribution in [0.4, 0.5) is 0 Å². The summed E-state index contributed by atoms with van der Waals surface area (Å²) in [6, 6.07) is 7.72. The maximum atomic E-state index is 12.5. The first-order valence-electron chi connectivity index (χ1n) is 7.81. The maximum Gasteiger partial charge on any atom is 0.253 e. The zero-order valence-electron chi connectivity index (χ0n) is 12.1. The van der Waals surface area contributed by atoms with Gasteiger partial charge in [0.25, 0.3) is 5.91 Å². The highest BCUT2D eigenvalue weighted by atomic mass is 16.2. The average molecular weight is 272 g/mol. The fraction of sp³-hybridized carbons (Fsp3) is 0.588. The third-order valence-electron chi connectivity index (χ3n) is 5.21. The number of hydrogen-bond acceptors (Lipinski definition) is 2. The number of likely N-dealkylation sites (tertiary alicyclic amines) is 1. The molecule has 1 amide bonds. The Hall–Kier alpha value is -1.35. The van der Waals surface area contributed by atoms with Crippen LogP contribution in [0.15, 0.2) is 24.3 Å². The number of amides is 1. The van der Waals surface area contributed by atoms with Crippen molar-refractivity contribution in [1.82, 2.24) is 4.90 Å². The summed E-state index contributed by atoms with van der Waals surface area (Å²) in [4.78, 5) is 14.5. The fourth-order valence-electron chi connectivity index (χ4n) is 3.78. The third kappa shape index (κ3) is 2.59. The van der Waals surface area contributed by atoms with Gasteiger partial charge in [-0.1, -0.05) is 25.0 Å². The molecule has 2 aliphatic rings. The summed E-state index contributed by atoms with van der Waals surface area (Å²) in [5.41, 5.74) is 8.03. The molecular weight excluding hydrogens is 248 g/mol. The highest BCUT2D eigenvalue weighted by Gasteiger charge is 2.37. The molecule has 0 radical (unpaired) electrons. The predicted octanol–water partition coefficient (Wildman–Crippen LogP) is 2.94. The number of carbonyl (C=O) groups is 1. The number of carbonyl (C=O) groups excluding carboxylic acids is 1. The van der Waals surface area contributed by atoms with Crippen LogP contribution in [0.5, 0.6) is 0 Å². The van der Waals surface area contributed by atoms with Gasteiger partial charge in [-0.3, -0.25) is 4.79 Å². The quantitative estimate of drug-likeness (QED) is 0.899. The highest BCUT2D eigenvalue weighted by Crippen LogP contribution is 2.46. The summed E-state index contributed by atoms with van der Waals surface area (Å²) in [5, 5.41) is 0. The zero-order chi connectivity index (χ0) is 14.0. The Labute approximate surface area is 121 Å². The Balaban J connectivity index is 1.63. The van der Waals surface area contributed by atoms with Crippen LogP contribution in [0.3, 0.4) is 0 Å². The summed E-state index contributed by atoms with van der Waals surface area (Å²) in [5.74, 6) is 0.182. The van der Waals surface area contributed by atoms with E-state index in [1.54, 1.807) is 0 Å². The van der Waals surface area contributed by atoms with Crippen molar-refractivity contribution in [1.29, 1.82) is 0 Å². The van der Waals surface area contributed by atoms with Gasteiger partial charge in [0.2, 0.25) is 0 Å². The van der Waals surface area contributed by atoms with Gasteiger partial charge in [-0.05, 0) is 48.8 Å². The van der Waals surface area contributed by atoms with E-state index < -0.39 is 0 Å². The van der Waals surface area contributed by atoms with Crippen molar-refractivity contribution in [2.75, 3.05) is 13.1 Å². The summed E-state index contributed by atoms with van der Waals surface area (Å²) in [6.45, 7) is 2.38. The number of piperidine rings is 1. The van der Waals surface area contributed by atoms with Crippen LogP contribution in [0.2, 0.25) is 0 Å². The van der Waals surface area contributed by atoms with Gasteiger partial charge in [-0.15, -0.1) is 0 Å². The Bertz CT molecular complexity index is 464. The molecule has 1 saturated heterocycles. The number of nitrogens with two attached hydrogens (primary N) is 1. The molecule has 1 spiro atoms. The molecule has 20 heavy (non-hydrogen) atoms. The SMILES string of the molecule is NCc1ccc(C(=O)N2CCC3(CCCC3)CC2)cc1. The minimum Gasteiger partial charge on any atom is -0.339 e. The number of hydrogen-bond donors (Lipinski definition) is 1. The van der Waals surface area contributed by atoms with E-state index in [1.807, 2.05) is 29.2 Å². The van der Waals surface area contributed by atoms with Crippen LogP contribution in [0, 0.1) is 5.41 Å². The van der Waals surface area contributed by atoms with Gasteiger partial charge < -0.3 is 10.6 Å². The molecule has 1 heterocycles. The third-order valence-corrected chi connectivity index (χ3v) is 5.21. The number of nitrogens with zero attached hydrogens (tertiary/aromatic N) is 1. The van der Waals surface area contributed by atoms with Crippen LogP contribution in [-0.4, -0.2) is 23.9 Å². The molecule has 0 unspecified atom stereocenters. The van der Waals surface area contributed by atoms with Gasteiger partial charge in [-0.25, -0.2) is 0 Å². The van der Waals surface area contributed by atoms with Gasteiger partial charge >= 0.3 is 0 Å². The van der Waals surface area contributed by atoms with Crippen molar-refractivity contribution >= 4 is 5.91 Å². The first-order chi connectivity index (χ1) is 9.72. The van der Waals surface area contributed by atoms with Crippen molar-refractivity contribution in [3.63, 3.8) is 0 Å². The molecule has 1 aromatic rings. The monoisotopic (exact) mass is 272 g/mol. The van der Waals surface area contributed by atoms with Crippen LogP contribution < -0.4 is 5.73 Å². The average Bonchev–Trinajstić information content (AvgIpc) is 2.96. The van der Waals surface area contributed by atoms with Gasteiger partial charge in [-0.2, -0.15) is 0 Å². The molecule has 2 N–H and O–H groups in total. The van der Waals surface area contributed by atoms with E-state index in [-0.39, 0.29) is 5.91 Å².